The predicted octanol–water partition coefficient (Wildman–Crippen LogP) is 0.340. The zero-order valence-corrected chi connectivity index (χ0v) is 11.2. The SMILES string of the molecule is COCC(O)CNC(=O)c1ccc([N+](=O)[O-])cc1OC. The van der Waals surface area contributed by atoms with Gasteiger partial charge in [-0.1, -0.05) is 0 Å². The van der Waals surface area contributed by atoms with Crippen LogP contribution in [0, 0.1) is 10.1 Å². The van der Waals surface area contributed by atoms with E-state index in [0.717, 1.165) is 0 Å². The van der Waals surface area contributed by atoms with Crippen molar-refractivity contribution in [2.45, 2.75) is 6.10 Å². The molecule has 0 fully saturated rings. The Balaban J connectivity index is 2.79. The third kappa shape index (κ3) is 4.18. The lowest BCUT2D eigenvalue weighted by molar-refractivity contribution is -0.384. The minimum absolute atomic E-state index is 0.00676. The fourth-order valence-corrected chi connectivity index (χ4v) is 1.54. The first-order chi connectivity index (χ1) is 9.49. The number of aliphatic hydroxyl groups excluding tert-OH is 1. The van der Waals surface area contributed by atoms with Crippen molar-refractivity contribution in [1.29, 1.82) is 0 Å². The number of ether oxygens (including phenoxy) is 2. The maximum Gasteiger partial charge on any atom is 0.273 e. The van der Waals surface area contributed by atoms with Crippen LogP contribution in [0.5, 0.6) is 5.75 Å². The summed E-state index contributed by atoms with van der Waals surface area (Å²) in [4.78, 5) is 22.0. The Morgan fingerprint density at radius 1 is 1.50 bits per heavy atom. The molecular formula is C12H16N2O6. The van der Waals surface area contributed by atoms with E-state index < -0.39 is 16.9 Å². The molecule has 0 bridgehead atoms. The molecular weight excluding hydrogens is 268 g/mol. The molecule has 0 aliphatic rings. The molecule has 110 valence electrons. The molecule has 20 heavy (non-hydrogen) atoms. The van der Waals surface area contributed by atoms with Gasteiger partial charge in [0.05, 0.1) is 36.4 Å². The van der Waals surface area contributed by atoms with Gasteiger partial charge in [0, 0.05) is 19.7 Å². The molecule has 8 nitrogen and oxygen atoms in total. The number of hydrogen-bond donors (Lipinski definition) is 2. The lowest BCUT2D eigenvalue weighted by Crippen LogP contribution is -2.34. The lowest BCUT2D eigenvalue weighted by atomic mass is 10.1. The van der Waals surface area contributed by atoms with Crippen LogP contribution in [-0.2, 0) is 4.74 Å². The van der Waals surface area contributed by atoms with Crippen molar-refractivity contribution < 1.29 is 24.3 Å². The Labute approximate surface area is 115 Å². The summed E-state index contributed by atoms with van der Waals surface area (Å²) in [7, 11) is 2.75. The number of non-ortho nitro benzene ring substituents is 1. The minimum Gasteiger partial charge on any atom is -0.496 e. The van der Waals surface area contributed by atoms with Gasteiger partial charge in [0.25, 0.3) is 11.6 Å². The van der Waals surface area contributed by atoms with Gasteiger partial charge in [-0.3, -0.25) is 14.9 Å². The van der Waals surface area contributed by atoms with Crippen LogP contribution in [0.2, 0.25) is 0 Å². The highest BCUT2D eigenvalue weighted by atomic mass is 16.6. The predicted molar refractivity (Wildman–Crippen MR) is 69.9 cm³/mol. The summed E-state index contributed by atoms with van der Waals surface area (Å²) in [5.74, 6) is -0.398. The Morgan fingerprint density at radius 2 is 2.20 bits per heavy atom. The van der Waals surface area contributed by atoms with Gasteiger partial charge in [-0.25, -0.2) is 0 Å². The first-order valence-electron chi connectivity index (χ1n) is 5.77. The van der Waals surface area contributed by atoms with Crippen LogP contribution in [0.3, 0.4) is 0 Å². The van der Waals surface area contributed by atoms with Crippen LogP contribution in [0.1, 0.15) is 10.4 Å². The molecule has 1 amide bonds. The Morgan fingerprint density at radius 3 is 2.75 bits per heavy atom. The lowest BCUT2D eigenvalue weighted by Gasteiger charge is -2.12. The van der Waals surface area contributed by atoms with Gasteiger partial charge in [-0.15, -0.1) is 0 Å². The molecule has 1 unspecified atom stereocenters. The number of nitro benzene ring substituents is 1. The second-order valence-corrected chi connectivity index (χ2v) is 3.96. The number of methoxy groups -OCH3 is 2. The number of carbonyl (C=O) groups is 1. The van der Waals surface area contributed by atoms with Crippen LogP contribution >= 0.6 is 0 Å². The molecule has 1 aromatic carbocycles. The molecule has 1 aromatic rings. The largest absolute Gasteiger partial charge is 0.496 e. The summed E-state index contributed by atoms with van der Waals surface area (Å²) < 4.78 is 9.69. The van der Waals surface area contributed by atoms with Gasteiger partial charge in [0.15, 0.2) is 0 Å². The normalized spacial score (nSPS) is 11.8. The maximum atomic E-state index is 11.9. The van der Waals surface area contributed by atoms with Gasteiger partial charge in [0.2, 0.25) is 0 Å². The molecule has 0 aliphatic carbocycles. The molecule has 2 N–H and O–H groups in total. The summed E-state index contributed by atoms with van der Waals surface area (Å²) in [5.41, 5.74) is -0.0134. The molecule has 0 saturated carbocycles. The van der Waals surface area contributed by atoms with Crippen LogP contribution in [0.4, 0.5) is 5.69 Å². The fourth-order valence-electron chi connectivity index (χ4n) is 1.54. The Hall–Kier alpha value is -2.19. The summed E-state index contributed by atoms with van der Waals surface area (Å²) in [6, 6.07) is 3.68. The number of carbonyl (C=O) groups excluding carboxylic acids is 1. The van der Waals surface area contributed by atoms with Gasteiger partial charge in [-0.2, -0.15) is 0 Å². The summed E-state index contributed by atoms with van der Waals surface area (Å²) >= 11 is 0. The van der Waals surface area contributed by atoms with Crippen LogP contribution in [0.25, 0.3) is 0 Å². The molecule has 8 heteroatoms. The van der Waals surface area contributed by atoms with Crippen LogP contribution in [-0.4, -0.2) is 49.4 Å². The van der Waals surface area contributed by atoms with Crippen molar-refractivity contribution in [2.75, 3.05) is 27.4 Å². The standard InChI is InChI=1S/C12H16N2O6/c1-19-7-9(15)6-13-12(16)10-4-3-8(14(17)18)5-11(10)20-2/h3-5,9,15H,6-7H2,1-2H3,(H,13,16). The molecule has 0 aliphatic heterocycles. The first-order valence-corrected chi connectivity index (χ1v) is 5.77. The quantitative estimate of drug-likeness (QED) is 0.551. The summed E-state index contributed by atoms with van der Waals surface area (Å²) in [6.45, 7) is 0.102. The van der Waals surface area contributed by atoms with Crippen molar-refractivity contribution in [3.8, 4) is 5.75 Å². The monoisotopic (exact) mass is 284 g/mol. The summed E-state index contributed by atoms with van der Waals surface area (Å²) in [6.07, 6.45) is -0.826. The number of aliphatic hydroxyl groups is 1. The zero-order chi connectivity index (χ0) is 15.1. The number of nitro groups is 1. The van der Waals surface area contributed by atoms with E-state index in [4.69, 9.17) is 9.47 Å². The Bertz CT molecular complexity index is 491. The third-order valence-corrected chi connectivity index (χ3v) is 2.50. The van der Waals surface area contributed by atoms with E-state index in [1.54, 1.807) is 0 Å². The molecule has 0 saturated heterocycles. The van der Waals surface area contributed by atoms with Crippen LogP contribution < -0.4 is 10.1 Å². The van der Waals surface area contributed by atoms with Crippen LogP contribution in [0.15, 0.2) is 18.2 Å². The highest BCUT2D eigenvalue weighted by Crippen LogP contribution is 2.24. The van der Waals surface area contributed by atoms with Crippen molar-refractivity contribution >= 4 is 11.6 Å². The fraction of sp³-hybridized carbons (Fsp3) is 0.417. The number of nitrogens with one attached hydrogen (secondary N) is 1. The number of hydrogen-bond acceptors (Lipinski definition) is 6. The van der Waals surface area contributed by atoms with Gasteiger partial charge >= 0.3 is 0 Å². The van der Waals surface area contributed by atoms with Gasteiger partial charge in [-0.05, 0) is 6.07 Å². The van der Waals surface area contributed by atoms with E-state index in [9.17, 15) is 20.0 Å². The van der Waals surface area contributed by atoms with Gasteiger partial charge in [0.1, 0.15) is 5.75 Å². The molecule has 0 heterocycles. The van der Waals surface area contributed by atoms with Crippen molar-refractivity contribution in [3.63, 3.8) is 0 Å². The second kappa shape index (κ2) is 7.41. The van der Waals surface area contributed by atoms with E-state index in [1.165, 1.54) is 32.4 Å². The minimum atomic E-state index is -0.826. The van der Waals surface area contributed by atoms with E-state index in [1.807, 2.05) is 0 Å². The number of benzene rings is 1. The zero-order valence-electron chi connectivity index (χ0n) is 11.2. The Kier molecular flexibility index (Phi) is 5.88. The van der Waals surface area contributed by atoms with Crippen molar-refractivity contribution in [2.24, 2.45) is 0 Å². The highest BCUT2D eigenvalue weighted by molar-refractivity contribution is 5.97. The molecule has 0 radical (unpaired) electrons. The van der Waals surface area contributed by atoms with E-state index in [2.05, 4.69) is 5.32 Å². The topological polar surface area (TPSA) is 111 Å². The number of nitrogens with zero attached hydrogens (tertiary/aromatic N) is 1. The second-order valence-electron chi connectivity index (χ2n) is 3.96. The van der Waals surface area contributed by atoms with E-state index in [0.29, 0.717) is 0 Å². The molecule has 1 atom stereocenters. The van der Waals surface area contributed by atoms with E-state index >= 15 is 0 Å². The van der Waals surface area contributed by atoms with E-state index in [-0.39, 0.29) is 30.2 Å². The number of rotatable bonds is 7. The third-order valence-electron chi connectivity index (χ3n) is 2.50. The van der Waals surface area contributed by atoms with Gasteiger partial charge < -0.3 is 19.9 Å². The van der Waals surface area contributed by atoms with Crippen molar-refractivity contribution in [3.05, 3.63) is 33.9 Å². The maximum absolute atomic E-state index is 11.9. The smallest absolute Gasteiger partial charge is 0.273 e. The molecule has 0 spiro atoms. The highest BCUT2D eigenvalue weighted by Gasteiger charge is 2.17. The average molecular weight is 284 g/mol. The first kappa shape index (κ1) is 15.9. The van der Waals surface area contributed by atoms with Crippen molar-refractivity contribution in [1.82, 2.24) is 5.32 Å². The molecule has 1 rings (SSSR count). The average Bonchev–Trinajstić information content (AvgIpc) is 2.44. The number of amides is 1. The molecule has 0 aromatic heterocycles. The summed E-state index contributed by atoms with van der Waals surface area (Å²) in [5, 5.41) is 22.6.